The van der Waals surface area contributed by atoms with Gasteiger partial charge in [0, 0.05) is 63.5 Å². The number of piperidine rings is 1. The van der Waals surface area contributed by atoms with E-state index in [2.05, 4.69) is 0 Å². The Balaban J connectivity index is 1.27. The predicted octanol–water partition coefficient (Wildman–Crippen LogP) is 9.93. The average Bonchev–Trinajstić information content (AvgIpc) is 1.88. The summed E-state index contributed by atoms with van der Waals surface area (Å²) in [6.45, 7) is 12.9. The van der Waals surface area contributed by atoms with Crippen LogP contribution in [0.1, 0.15) is 131 Å². The molecule has 2 aromatic carbocycles. The van der Waals surface area contributed by atoms with Gasteiger partial charge in [-0.25, -0.2) is 9.59 Å². The summed E-state index contributed by atoms with van der Waals surface area (Å²) in [4.78, 5) is 96.9. The molecule has 84 heavy (non-hydrogen) atoms. The number of ether oxygens (including phenoxy) is 7. The van der Waals surface area contributed by atoms with E-state index in [1.54, 1.807) is 33.8 Å². The highest BCUT2D eigenvalue weighted by Crippen LogP contribution is 2.38. The monoisotopic (exact) mass is 1170 g/mol. The van der Waals surface area contributed by atoms with Gasteiger partial charge in [0.2, 0.25) is 5.79 Å². The third kappa shape index (κ3) is 18.4. The van der Waals surface area contributed by atoms with Gasteiger partial charge in [-0.15, -0.1) is 0 Å². The first kappa shape index (κ1) is 66.9. The summed E-state index contributed by atoms with van der Waals surface area (Å²) in [7, 11) is 2.85. The number of non-ortho nitro benzene ring substituents is 1. The van der Waals surface area contributed by atoms with Gasteiger partial charge in [-0.2, -0.15) is 0 Å². The van der Waals surface area contributed by atoms with Crippen LogP contribution in [-0.2, 0) is 58.8 Å². The second-order valence-electron chi connectivity index (χ2n) is 23.7. The number of cyclic esters (lactones) is 1. The van der Waals surface area contributed by atoms with E-state index in [1.807, 2.05) is 81.5 Å². The van der Waals surface area contributed by atoms with Crippen molar-refractivity contribution in [1.29, 1.82) is 0 Å². The Morgan fingerprint density at radius 3 is 2.27 bits per heavy atom. The Morgan fingerprint density at radius 2 is 1.58 bits per heavy atom. The molecule has 0 radical (unpaired) electrons. The Hall–Kier alpha value is -6.22. The molecule has 1 saturated carbocycles. The van der Waals surface area contributed by atoms with Crippen molar-refractivity contribution in [3.63, 3.8) is 0 Å². The van der Waals surface area contributed by atoms with Crippen LogP contribution >= 0.6 is 0 Å². The quantitative estimate of drug-likeness (QED) is 0.0500. The van der Waals surface area contributed by atoms with Crippen LogP contribution in [0, 0.1) is 45.6 Å². The third-order valence-electron chi connectivity index (χ3n) is 17.2. The molecule has 2 N–H and O–H groups in total. The Labute approximate surface area is 494 Å². The number of methoxy groups -OCH3 is 2. The van der Waals surface area contributed by atoms with Gasteiger partial charge in [-0.3, -0.25) is 29.3 Å². The van der Waals surface area contributed by atoms with E-state index in [-0.39, 0.29) is 60.6 Å². The van der Waals surface area contributed by atoms with Gasteiger partial charge < -0.3 is 48.3 Å². The zero-order valence-corrected chi connectivity index (χ0v) is 50.3. The summed E-state index contributed by atoms with van der Waals surface area (Å²) in [5.74, 6) is -8.82. The minimum atomic E-state index is -2.51. The van der Waals surface area contributed by atoms with Crippen molar-refractivity contribution in [3.05, 3.63) is 118 Å². The van der Waals surface area contributed by atoms with Crippen LogP contribution in [0.3, 0.4) is 0 Å². The maximum absolute atomic E-state index is 14.7. The van der Waals surface area contributed by atoms with Crippen LogP contribution in [0.15, 0.2) is 102 Å². The number of Topliss-reactive ketones (excluding diaryl/α,β-unsaturated/α-hetero) is 3. The number of ketones is 3. The zero-order chi connectivity index (χ0) is 61.3. The van der Waals surface area contributed by atoms with Crippen LogP contribution in [0.4, 0.5) is 10.5 Å². The number of carbonyl (C=O) groups excluding carboxylic acids is 6. The van der Waals surface area contributed by atoms with E-state index in [0.29, 0.717) is 76.4 Å². The molecule has 3 heterocycles. The Kier molecular flexibility index (Phi) is 25.3. The summed E-state index contributed by atoms with van der Waals surface area (Å²) in [5.41, 5.74) is 2.13. The molecule has 0 aromatic heterocycles. The first-order chi connectivity index (χ1) is 40.0. The lowest BCUT2D eigenvalue weighted by molar-refractivity contribution is -0.384. The lowest BCUT2D eigenvalue weighted by Crippen LogP contribution is -2.61. The number of hydrogen-bond acceptors (Lipinski definition) is 17. The fourth-order valence-corrected chi connectivity index (χ4v) is 12.0. The second-order valence-corrected chi connectivity index (χ2v) is 23.7. The van der Waals surface area contributed by atoms with Crippen molar-refractivity contribution in [3.8, 4) is 5.75 Å². The fraction of sp³-hybridized carbons (Fsp3) is 0.600. The Bertz CT molecular complexity index is 2690. The molecule has 1 aliphatic carbocycles. The van der Waals surface area contributed by atoms with Crippen LogP contribution in [0.2, 0.25) is 0 Å². The number of amides is 1. The molecule has 19 nitrogen and oxygen atoms in total. The molecule has 0 unspecified atom stereocenters. The number of rotatable bonds is 12. The van der Waals surface area contributed by atoms with E-state index in [9.17, 15) is 49.1 Å². The number of allylic oxidation sites excluding steroid dienone is 6. The maximum Gasteiger partial charge on any atom is 0.514 e. The molecule has 460 valence electrons. The highest BCUT2D eigenvalue weighted by Gasteiger charge is 2.53. The third-order valence-corrected chi connectivity index (χ3v) is 17.2. The molecule has 3 fully saturated rings. The number of carbonyl (C=O) groups is 6. The number of hydrogen-bond donors (Lipinski definition) is 2. The molecule has 0 spiro atoms. The number of nitro groups is 1. The number of benzene rings is 2. The number of aliphatic hydroxyl groups is 2. The van der Waals surface area contributed by atoms with Crippen LogP contribution in [-0.4, -0.2) is 137 Å². The normalized spacial score (nSPS) is 33.7. The summed E-state index contributed by atoms with van der Waals surface area (Å²) in [5, 5.41) is 35.0. The van der Waals surface area contributed by atoms with Gasteiger partial charge in [0.15, 0.2) is 5.78 Å². The topological polar surface area (TPSA) is 254 Å². The van der Waals surface area contributed by atoms with Crippen LogP contribution in [0.25, 0.3) is 0 Å². The molecule has 4 aliphatic rings. The summed E-state index contributed by atoms with van der Waals surface area (Å²) >= 11 is 0. The molecule has 2 saturated heterocycles. The van der Waals surface area contributed by atoms with E-state index in [0.717, 1.165) is 16.0 Å². The maximum atomic E-state index is 14.7. The molecule has 2 bridgehead atoms. The van der Waals surface area contributed by atoms with Crippen molar-refractivity contribution in [2.24, 2.45) is 35.5 Å². The molecule has 19 heteroatoms. The van der Waals surface area contributed by atoms with Crippen molar-refractivity contribution >= 4 is 41.1 Å². The SMILES string of the molecule is CO[C@@H]1C[C@H](C[C@@H](C)[C@@H]2CC(=O)[C@H](C)/C=C(\C)[C@@H](O)[C@@H](OC)C(=O)[C@H](C)C[C@H](C)/C=C/C=C/C=C(\C)[C@@H](OCCc3ccccc3)C[C@@H]3CC[C@@H](C)[C@@](O)(O3)C(=O)C(=O)N3CCCC[C@H]3C(=O)O2)CC[C@H]1OC(=O)Oc1ccc([N+](=O)[O-])cc1. The van der Waals surface area contributed by atoms with Gasteiger partial charge >= 0.3 is 12.1 Å². The predicted molar refractivity (Wildman–Crippen MR) is 312 cm³/mol. The fourth-order valence-electron chi connectivity index (χ4n) is 12.0. The van der Waals surface area contributed by atoms with Gasteiger partial charge in [0.05, 0.1) is 29.8 Å². The lowest BCUT2D eigenvalue weighted by atomic mass is 9.78. The molecular formula is C65H88N2O17. The zero-order valence-electron chi connectivity index (χ0n) is 50.3. The second kappa shape index (κ2) is 31.8. The lowest BCUT2D eigenvalue weighted by Gasteiger charge is -2.43. The van der Waals surface area contributed by atoms with Gasteiger partial charge in [-0.05, 0) is 131 Å². The number of nitrogens with zero attached hydrogens (tertiary/aromatic N) is 2. The number of nitro benzene ring substituents is 1. The standard InChI is InChI=1S/C65H88N2O17/c1-40-18-12-10-13-19-41(2)55(80-33-31-47-20-14-11-15-21-47)38-51-27-23-46(7)65(75,84-51)61(71)62(72)66-32-17-16-22-52(66)63(73)82-56(39-53(68)42(3)35-45(6)59(70)60(79-9)58(69)44(5)34-40)43(4)36-48-24-30-54(57(37-48)78-8)83-64(74)81-50-28-25-49(26-29-50)67(76)77/h10-15,18-21,25-26,28-29,35,40,42-44,46,48,51-52,54-57,59-60,70,75H,16-17,22-24,27,30-34,36-39H2,1-9H3/b13-10+,18-12+,41-19+,45-35+/t40-,42-,43-,44-,46-,48+,51+,52+,54-,55+,56+,57-,59-,60+,65-/m1/s1. The molecule has 3 aliphatic heterocycles. The first-order valence-electron chi connectivity index (χ1n) is 29.8. The van der Waals surface area contributed by atoms with E-state index < -0.39 is 107 Å². The van der Waals surface area contributed by atoms with E-state index in [1.165, 1.54) is 38.5 Å². The minimum Gasteiger partial charge on any atom is -0.460 e. The highest BCUT2D eigenvalue weighted by molar-refractivity contribution is 6.39. The van der Waals surface area contributed by atoms with Crippen LogP contribution < -0.4 is 4.74 Å². The smallest absolute Gasteiger partial charge is 0.460 e. The molecule has 2 aromatic rings. The van der Waals surface area contributed by atoms with Crippen molar-refractivity contribution in [1.82, 2.24) is 4.90 Å². The highest BCUT2D eigenvalue weighted by atomic mass is 16.7. The first-order valence-corrected chi connectivity index (χ1v) is 29.8. The van der Waals surface area contributed by atoms with Crippen molar-refractivity contribution in [2.45, 2.75) is 186 Å². The van der Waals surface area contributed by atoms with Gasteiger partial charge in [0.25, 0.3) is 17.4 Å². The molecule has 15 atom stereocenters. The van der Waals surface area contributed by atoms with Crippen molar-refractivity contribution in [2.75, 3.05) is 27.4 Å². The van der Waals surface area contributed by atoms with E-state index >= 15 is 0 Å². The van der Waals surface area contributed by atoms with Gasteiger partial charge in [-0.1, -0.05) is 101 Å². The summed E-state index contributed by atoms with van der Waals surface area (Å²) in [6.07, 6.45) is 8.96. The van der Waals surface area contributed by atoms with E-state index in [4.69, 9.17) is 33.2 Å². The molecular weight excluding hydrogens is 1080 g/mol. The minimum absolute atomic E-state index is 0.0264. The average molecular weight is 1170 g/mol. The Morgan fingerprint density at radius 1 is 0.857 bits per heavy atom. The number of aliphatic hydroxyl groups excluding tert-OH is 1. The number of esters is 1. The molecule has 1 amide bonds. The summed E-state index contributed by atoms with van der Waals surface area (Å²) in [6, 6.07) is 13.7. The summed E-state index contributed by atoms with van der Waals surface area (Å²) < 4.78 is 41.7. The van der Waals surface area contributed by atoms with Crippen molar-refractivity contribution < 1.29 is 77.1 Å². The van der Waals surface area contributed by atoms with Gasteiger partial charge in [0.1, 0.15) is 42.0 Å². The largest absolute Gasteiger partial charge is 0.514 e. The van der Waals surface area contributed by atoms with Crippen LogP contribution in [0.5, 0.6) is 5.75 Å². The number of fused-ring (bicyclic) bond motifs is 3. The molecule has 6 rings (SSSR count).